The van der Waals surface area contributed by atoms with Crippen molar-refractivity contribution in [3.05, 3.63) is 0 Å². The lowest BCUT2D eigenvalue weighted by molar-refractivity contribution is -0.0425. The van der Waals surface area contributed by atoms with E-state index in [-0.39, 0.29) is 0 Å². The second-order valence-electron chi connectivity index (χ2n) is 3.44. The topological polar surface area (TPSA) is 18.5 Å². The van der Waals surface area contributed by atoms with Gasteiger partial charge in [-0.3, -0.25) is 0 Å². The number of thioether (sulfide) groups is 1. The predicted molar refractivity (Wildman–Crippen MR) is 72.8 cm³/mol. The third-order valence-corrected chi connectivity index (χ3v) is 4.96. The molecule has 0 bridgehead atoms. The zero-order chi connectivity index (χ0) is 10.8. The van der Waals surface area contributed by atoms with Crippen LogP contribution >= 0.6 is 33.3 Å². The van der Waals surface area contributed by atoms with Gasteiger partial charge >= 0.3 is 0 Å². The van der Waals surface area contributed by atoms with E-state index in [0.29, 0.717) is 6.79 Å². The molecular weight excluding hydrogens is 248 g/mol. The van der Waals surface area contributed by atoms with Gasteiger partial charge in [0, 0.05) is 11.5 Å². The lowest BCUT2D eigenvalue weighted by Crippen LogP contribution is -2.05. The molecule has 15 heavy (non-hydrogen) atoms. The van der Waals surface area contributed by atoms with Crippen LogP contribution in [-0.4, -0.2) is 43.5 Å². The molecule has 0 aliphatic heterocycles. The number of rotatable bonds is 11. The highest BCUT2D eigenvalue weighted by Crippen LogP contribution is 2.32. The Morgan fingerprint density at radius 3 is 2.53 bits per heavy atom. The van der Waals surface area contributed by atoms with Gasteiger partial charge in [0.1, 0.15) is 6.79 Å². The molecule has 1 aliphatic rings. The molecule has 0 aromatic rings. The summed E-state index contributed by atoms with van der Waals surface area (Å²) in [5.74, 6) is 4.50. The summed E-state index contributed by atoms with van der Waals surface area (Å²) in [4.78, 5) is 0. The smallest absolute Gasteiger partial charge is 0.146 e. The summed E-state index contributed by atoms with van der Waals surface area (Å²) in [7, 11) is 3.60. The zero-order valence-corrected chi connectivity index (χ0v) is 11.7. The first-order chi connectivity index (χ1) is 7.43. The van der Waals surface area contributed by atoms with Gasteiger partial charge in [0.15, 0.2) is 0 Å². The first-order valence-corrected chi connectivity index (χ1v) is 9.20. The fourth-order valence-electron chi connectivity index (χ4n) is 1.01. The van der Waals surface area contributed by atoms with Crippen LogP contribution in [-0.2, 0) is 9.47 Å². The van der Waals surface area contributed by atoms with Crippen molar-refractivity contribution < 1.29 is 9.47 Å². The Morgan fingerprint density at radius 1 is 1.13 bits per heavy atom. The third kappa shape index (κ3) is 9.87. The van der Waals surface area contributed by atoms with Crippen LogP contribution in [0.1, 0.15) is 12.8 Å². The molecule has 2 nitrogen and oxygen atoms in total. The molecule has 5 heteroatoms. The van der Waals surface area contributed by atoms with Gasteiger partial charge in [-0.05, 0) is 30.8 Å². The van der Waals surface area contributed by atoms with Crippen LogP contribution in [0.15, 0.2) is 0 Å². The monoisotopic (exact) mass is 268 g/mol. The molecule has 1 saturated carbocycles. The summed E-state index contributed by atoms with van der Waals surface area (Å²) in [6.07, 6.45) is 4.98. The van der Waals surface area contributed by atoms with E-state index in [1.54, 1.807) is 10.8 Å². The van der Waals surface area contributed by atoms with Crippen molar-refractivity contribution in [1.29, 1.82) is 0 Å². The molecule has 0 aromatic carbocycles. The van der Waals surface area contributed by atoms with Crippen molar-refractivity contribution in [2.45, 2.75) is 12.8 Å². The quantitative estimate of drug-likeness (QED) is 0.325. The minimum atomic E-state index is 0.457. The van der Waals surface area contributed by atoms with Gasteiger partial charge in [-0.1, -0.05) is 21.6 Å². The van der Waals surface area contributed by atoms with Crippen LogP contribution < -0.4 is 0 Å². The Labute approximate surface area is 105 Å². The second-order valence-corrected chi connectivity index (χ2v) is 7.28. The Bertz CT molecular complexity index is 143. The van der Waals surface area contributed by atoms with Gasteiger partial charge in [0.25, 0.3) is 0 Å². The van der Waals surface area contributed by atoms with Crippen LogP contribution in [0, 0.1) is 5.92 Å². The number of hydrogen-bond acceptors (Lipinski definition) is 5. The molecule has 0 saturated heterocycles. The van der Waals surface area contributed by atoms with Gasteiger partial charge in [-0.15, -0.1) is 0 Å². The normalized spacial score (nSPS) is 15.8. The van der Waals surface area contributed by atoms with Crippen LogP contribution in [0.3, 0.4) is 0 Å². The molecule has 0 unspecified atom stereocenters. The summed E-state index contributed by atoms with van der Waals surface area (Å²) in [5, 5.41) is 0. The van der Waals surface area contributed by atoms with Crippen molar-refractivity contribution in [1.82, 2.24) is 0 Å². The third-order valence-electron chi connectivity index (χ3n) is 2.02. The molecular formula is C10H20O2S3. The average molecular weight is 268 g/mol. The maximum absolute atomic E-state index is 5.36. The fourth-order valence-corrected chi connectivity index (χ4v) is 3.13. The zero-order valence-electron chi connectivity index (χ0n) is 9.28. The summed E-state index contributed by atoms with van der Waals surface area (Å²) < 4.78 is 10.7. The van der Waals surface area contributed by atoms with E-state index >= 15 is 0 Å². The van der Waals surface area contributed by atoms with Crippen LogP contribution in [0.5, 0.6) is 0 Å². The summed E-state index contributed by atoms with van der Waals surface area (Å²) in [6, 6.07) is 0. The summed E-state index contributed by atoms with van der Waals surface area (Å²) in [6.45, 7) is 2.08. The van der Waals surface area contributed by atoms with Gasteiger partial charge in [-0.2, -0.15) is 11.8 Å². The molecule has 0 amide bonds. The lowest BCUT2D eigenvalue weighted by atomic mass is 10.5. The van der Waals surface area contributed by atoms with E-state index in [9.17, 15) is 0 Å². The van der Waals surface area contributed by atoms with Crippen molar-refractivity contribution >= 4 is 33.3 Å². The van der Waals surface area contributed by atoms with E-state index in [1.807, 2.05) is 22.6 Å². The maximum Gasteiger partial charge on any atom is 0.146 e. The van der Waals surface area contributed by atoms with Gasteiger partial charge < -0.3 is 9.47 Å². The van der Waals surface area contributed by atoms with Gasteiger partial charge in [0.2, 0.25) is 0 Å². The summed E-state index contributed by atoms with van der Waals surface area (Å²) in [5.41, 5.74) is 0. The van der Waals surface area contributed by atoms with E-state index in [4.69, 9.17) is 9.47 Å². The molecule has 0 N–H and O–H groups in total. The average Bonchev–Trinajstić information content (AvgIpc) is 3.05. The Hall–Kier alpha value is 0.970. The molecule has 1 fully saturated rings. The molecule has 0 spiro atoms. The second kappa shape index (κ2) is 10.1. The minimum Gasteiger partial charge on any atom is -0.355 e. The van der Waals surface area contributed by atoms with E-state index in [1.165, 1.54) is 18.6 Å². The Kier molecular flexibility index (Phi) is 9.49. The lowest BCUT2D eigenvalue weighted by Gasteiger charge is -2.04. The first kappa shape index (κ1) is 14.0. The molecule has 1 aliphatic carbocycles. The van der Waals surface area contributed by atoms with E-state index in [2.05, 4.69) is 6.26 Å². The van der Waals surface area contributed by atoms with Crippen molar-refractivity contribution in [3.63, 3.8) is 0 Å². The van der Waals surface area contributed by atoms with Crippen molar-refractivity contribution in [2.24, 2.45) is 5.92 Å². The van der Waals surface area contributed by atoms with Crippen LogP contribution in [0.4, 0.5) is 0 Å². The van der Waals surface area contributed by atoms with Gasteiger partial charge in [0.05, 0.1) is 13.2 Å². The minimum absolute atomic E-state index is 0.457. The standard InChI is InChI=1S/C10H20O2S3/c1-13-15-7-5-12-9-11-4-6-14-8-10-2-3-10/h10H,2-9H2,1H3. The molecule has 1 rings (SSSR count). The van der Waals surface area contributed by atoms with Crippen molar-refractivity contribution in [2.75, 3.05) is 43.5 Å². The predicted octanol–water partition coefficient (Wildman–Crippen LogP) is 3.13. The Balaban J connectivity index is 1.62. The highest BCUT2D eigenvalue weighted by Gasteiger charge is 2.20. The molecule has 0 heterocycles. The van der Waals surface area contributed by atoms with Gasteiger partial charge in [-0.25, -0.2) is 0 Å². The molecule has 0 atom stereocenters. The van der Waals surface area contributed by atoms with E-state index < -0.39 is 0 Å². The molecule has 0 aromatic heterocycles. The largest absolute Gasteiger partial charge is 0.355 e. The highest BCUT2D eigenvalue weighted by atomic mass is 33.1. The number of ether oxygens (including phenoxy) is 2. The maximum atomic E-state index is 5.36. The Morgan fingerprint density at radius 2 is 1.87 bits per heavy atom. The highest BCUT2D eigenvalue weighted by molar-refractivity contribution is 8.76. The SMILES string of the molecule is CSSCCOCOCCSCC1CC1. The molecule has 90 valence electrons. The van der Waals surface area contributed by atoms with E-state index in [0.717, 1.165) is 30.6 Å². The first-order valence-electron chi connectivity index (χ1n) is 5.32. The van der Waals surface area contributed by atoms with Crippen LogP contribution in [0.2, 0.25) is 0 Å². The fraction of sp³-hybridized carbons (Fsp3) is 1.00. The molecule has 0 radical (unpaired) electrons. The number of hydrogen-bond donors (Lipinski definition) is 0. The van der Waals surface area contributed by atoms with Crippen molar-refractivity contribution in [3.8, 4) is 0 Å². The summed E-state index contributed by atoms with van der Waals surface area (Å²) >= 11 is 2.01. The van der Waals surface area contributed by atoms with Crippen LogP contribution in [0.25, 0.3) is 0 Å².